The van der Waals surface area contributed by atoms with Gasteiger partial charge in [0.25, 0.3) is 0 Å². The largest absolute Gasteiger partial charge is 0.504 e. The molecule has 0 aliphatic rings. The number of nitrogens with two attached hydrogens (primary N) is 1. The lowest BCUT2D eigenvalue weighted by molar-refractivity contribution is 0.0380. The molecule has 5 nitrogen and oxygen atoms in total. The number of ether oxygens (including phenoxy) is 1. The van der Waals surface area contributed by atoms with Crippen LogP contribution >= 0.6 is 11.3 Å². The molecule has 6 heteroatoms. The van der Waals surface area contributed by atoms with Crippen LogP contribution < -0.4 is 5.73 Å². The number of anilines is 1. The molecule has 0 saturated carbocycles. The second kappa shape index (κ2) is 5.42. The van der Waals surface area contributed by atoms with Gasteiger partial charge in [-0.1, -0.05) is 6.07 Å². The van der Waals surface area contributed by atoms with Crippen molar-refractivity contribution in [1.82, 2.24) is 0 Å². The van der Waals surface area contributed by atoms with Crippen LogP contribution in [0.15, 0.2) is 23.6 Å². The lowest BCUT2D eigenvalue weighted by atomic mass is 10.0. The summed E-state index contributed by atoms with van der Waals surface area (Å²) in [5, 5.41) is 21.0. The van der Waals surface area contributed by atoms with Crippen LogP contribution in [0.25, 0.3) is 11.1 Å². The first-order chi connectivity index (χ1) is 9.40. The molecule has 1 aromatic carbocycles. The van der Waals surface area contributed by atoms with Crippen LogP contribution in [0.2, 0.25) is 0 Å². The van der Waals surface area contributed by atoms with Gasteiger partial charge in [0.05, 0.1) is 6.10 Å². The Hall–Kier alpha value is -2.21. The summed E-state index contributed by atoms with van der Waals surface area (Å²) in [6, 6.07) is 4.34. The van der Waals surface area contributed by atoms with Crippen LogP contribution in [-0.2, 0) is 4.74 Å². The first-order valence-electron chi connectivity index (χ1n) is 6.00. The number of carbonyl (C=O) groups excluding carboxylic acids is 1. The van der Waals surface area contributed by atoms with Gasteiger partial charge in [-0.25, -0.2) is 4.79 Å². The van der Waals surface area contributed by atoms with Crippen molar-refractivity contribution < 1.29 is 19.7 Å². The first-order valence-corrected chi connectivity index (χ1v) is 6.88. The molecule has 0 fully saturated rings. The van der Waals surface area contributed by atoms with Gasteiger partial charge in [-0.15, -0.1) is 11.3 Å². The Kier molecular flexibility index (Phi) is 3.85. The zero-order chi connectivity index (χ0) is 14.9. The fourth-order valence-corrected chi connectivity index (χ4v) is 2.57. The number of rotatable bonds is 3. The van der Waals surface area contributed by atoms with Crippen LogP contribution in [-0.4, -0.2) is 22.3 Å². The van der Waals surface area contributed by atoms with Crippen LogP contribution in [0, 0.1) is 0 Å². The molecule has 0 bridgehead atoms. The van der Waals surface area contributed by atoms with Gasteiger partial charge < -0.3 is 20.7 Å². The van der Waals surface area contributed by atoms with E-state index in [1.165, 1.54) is 23.5 Å². The minimum atomic E-state index is -0.499. The number of phenols is 2. The molecule has 2 aromatic rings. The van der Waals surface area contributed by atoms with Gasteiger partial charge in [-0.3, -0.25) is 0 Å². The molecule has 0 radical (unpaired) electrons. The SMILES string of the molecule is CC(C)OC(=O)c1c(-c2ccc(O)c(O)c2)csc1N. The Balaban J connectivity index is 2.47. The van der Waals surface area contributed by atoms with Crippen molar-refractivity contribution in [2.75, 3.05) is 5.73 Å². The number of benzene rings is 1. The zero-order valence-electron chi connectivity index (χ0n) is 11.1. The molecule has 0 aliphatic heterocycles. The van der Waals surface area contributed by atoms with E-state index in [0.717, 1.165) is 0 Å². The molecule has 106 valence electrons. The summed E-state index contributed by atoms with van der Waals surface area (Å²) in [4.78, 5) is 12.1. The quantitative estimate of drug-likeness (QED) is 0.597. The van der Waals surface area contributed by atoms with Gasteiger partial charge in [0.1, 0.15) is 10.6 Å². The van der Waals surface area contributed by atoms with Crippen molar-refractivity contribution in [3.63, 3.8) is 0 Å². The van der Waals surface area contributed by atoms with Gasteiger partial charge in [-0.2, -0.15) is 0 Å². The number of thiophene rings is 1. The molecule has 0 spiro atoms. The van der Waals surface area contributed by atoms with Crippen molar-refractivity contribution in [2.45, 2.75) is 20.0 Å². The number of hydrogen-bond acceptors (Lipinski definition) is 6. The maximum Gasteiger partial charge on any atom is 0.342 e. The number of hydrogen-bond donors (Lipinski definition) is 3. The fourth-order valence-electron chi connectivity index (χ4n) is 1.76. The molecule has 0 unspecified atom stereocenters. The van der Waals surface area contributed by atoms with Gasteiger partial charge in [0, 0.05) is 10.9 Å². The highest BCUT2D eigenvalue weighted by atomic mass is 32.1. The summed E-state index contributed by atoms with van der Waals surface area (Å²) >= 11 is 1.22. The van der Waals surface area contributed by atoms with E-state index in [0.29, 0.717) is 16.1 Å². The fraction of sp³-hybridized carbons (Fsp3) is 0.214. The van der Waals surface area contributed by atoms with Crippen LogP contribution in [0.4, 0.5) is 5.00 Å². The van der Waals surface area contributed by atoms with Crippen molar-refractivity contribution in [3.8, 4) is 22.6 Å². The standard InChI is InChI=1S/C14H15NO4S/c1-7(2)19-14(18)12-9(6-20-13(12)15)8-3-4-10(16)11(17)5-8/h3-7,16-17H,15H2,1-2H3. The average molecular weight is 293 g/mol. The number of carbonyl (C=O) groups is 1. The van der Waals surface area contributed by atoms with Crippen molar-refractivity contribution in [2.24, 2.45) is 0 Å². The molecular weight excluding hydrogens is 278 g/mol. The number of esters is 1. The first kappa shape index (κ1) is 14.2. The second-order valence-electron chi connectivity index (χ2n) is 4.55. The van der Waals surface area contributed by atoms with Crippen LogP contribution in [0.1, 0.15) is 24.2 Å². The molecule has 1 aromatic heterocycles. The third kappa shape index (κ3) is 2.70. The van der Waals surface area contributed by atoms with Crippen LogP contribution in [0.3, 0.4) is 0 Å². The van der Waals surface area contributed by atoms with E-state index < -0.39 is 5.97 Å². The monoisotopic (exact) mass is 293 g/mol. The summed E-state index contributed by atoms with van der Waals surface area (Å²) in [5.74, 6) is -0.972. The highest BCUT2D eigenvalue weighted by Gasteiger charge is 2.21. The maximum atomic E-state index is 12.1. The van der Waals surface area contributed by atoms with Crippen molar-refractivity contribution in [3.05, 3.63) is 29.1 Å². The van der Waals surface area contributed by atoms with E-state index in [4.69, 9.17) is 10.5 Å². The van der Waals surface area contributed by atoms with Gasteiger partial charge in [0.15, 0.2) is 11.5 Å². The summed E-state index contributed by atoms with van der Waals surface area (Å²) < 4.78 is 5.17. The summed E-state index contributed by atoms with van der Waals surface area (Å²) in [5.41, 5.74) is 7.28. The third-order valence-corrected chi connectivity index (χ3v) is 3.46. The van der Waals surface area contributed by atoms with Gasteiger partial charge in [0.2, 0.25) is 0 Å². The Morgan fingerprint density at radius 2 is 2.00 bits per heavy atom. The van der Waals surface area contributed by atoms with Crippen LogP contribution in [0.5, 0.6) is 11.5 Å². The molecule has 0 aliphatic carbocycles. The summed E-state index contributed by atoms with van der Waals surface area (Å²) in [6.07, 6.45) is -0.247. The van der Waals surface area contributed by atoms with Crippen molar-refractivity contribution >= 4 is 22.3 Å². The average Bonchev–Trinajstić information content (AvgIpc) is 2.74. The molecular formula is C14H15NO4S. The summed E-state index contributed by atoms with van der Waals surface area (Å²) in [6.45, 7) is 3.51. The predicted octanol–water partition coefficient (Wildman–Crippen LogP) is 2.97. The van der Waals surface area contributed by atoms with E-state index in [9.17, 15) is 15.0 Å². The Morgan fingerprint density at radius 3 is 2.60 bits per heavy atom. The maximum absolute atomic E-state index is 12.1. The van der Waals surface area contributed by atoms with E-state index in [1.54, 1.807) is 25.3 Å². The highest BCUT2D eigenvalue weighted by molar-refractivity contribution is 7.14. The van der Waals surface area contributed by atoms with Gasteiger partial charge in [-0.05, 0) is 31.5 Å². The number of nitrogen functional groups attached to an aromatic ring is 1. The molecule has 20 heavy (non-hydrogen) atoms. The predicted molar refractivity (Wildman–Crippen MR) is 78.0 cm³/mol. The minimum Gasteiger partial charge on any atom is -0.504 e. The molecule has 0 saturated heterocycles. The topological polar surface area (TPSA) is 92.8 Å². The molecule has 1 heterocycles. The Morgan fingerprint density at radius 1 is 1.30 bits per heavy atom. The molecule has 2 rings (SSSR count). The minimum absolute atomic E-state index is 0.219. The summed E-state index contributed by atoms with van der Waals surface area (Å²) in [7, 11) is 0. The normalized spacial score (nSPS) is 10.8. The number of phenolic OH excluding ortho intramolecular Hbond substituents is 2. The molecule has 0 amide bonds. The third-order valence-electron chi connectivity index (χ3n) is 2.65. The lowest BCUT2D eigenvalue weighted by Crippen LogP contribution is -2.13. The number of aromatic hydroxyl groups is 2. The van der Waals surface area contributed by atoms with E-state index in [-0.39, 0.29) is 23.2 Å². The lowest BCUT2D eigenvalue weighted by Gasteiger charge is -2.10. The zero-order valence-corrected chi connectivity index (χ0v) is 11.9. The van der Waals surface area contributed by atoms with Crippen molar-refractivity contribution in [1.29, 1.82) is 0 Å². The Bertz CT molecular complexity index is 649. The van der Waals surface area contributed by atoms with E-state index >= 15 is 0 Å². The highest BCUT2D eigenvalue weighted by Crippen LogP contribution is 2.37. The molecule has 4 N–H and O–H groups in total. The molecule has 0 atom stereocenters. The van der Waals surface area contributed by atoms with Gasteiger partial charge >= 0.3 is 5.97 Å². The van der Waals surface area contributed by atoms with E-state index in [2.05, 4.69) is 0 Å². The Labute approximate surface area is 120 Å². The second-order valence-corrected chi connectivity index (χ2v) is 5.46. The van der Waals surface area contributed by atoms with E-state index in [1.807, 2.05) is 0 Å². The smallest absolute Gasteiger partial charge is 0.342 e.